The second-order valence-electron chi connectivity index (χ2n) is 4.51. The van der Waals surface area contributed by atoms with Gasteiger partial charge in [-0.3, -0.25) is 9.69 Å². The summed E-state index contributed by atoms with van der Waals surface area (Å²) in [7, 11) is 0. The van der Waals surface area contributed by atoms with E-state index in [2.05, 4.69) is 15.3 Å². The molecule has 0 radical (unpaired) electrons. The summed E-state index contributed by atoms with van der Waals surface area (Å²) in [6, 6.07) is 0. The summed E-state index contributed by atoms with van der Waals surface area (Å²) in [4.78, 5) is 19.4. The van der Waals surface area contributed by atoms with Crippen molar-refractivity contribution in [3.05, 3.63) is 27.4 Å². The van der Waals surface area contributed by atoms with E-state index in [1.807, 2.05) is 4.90 Å². The van der Waals surface area contributed by atoms with E-state index < -0.39 is 23.0 Å². The van der Waals surface area contributed by atoms with Gasteiger partial charge in [-0.1, -0.05) is 0 Å². The maximum absolute atomic E-state index is 12.7. The van der Waals surface area contributed by atoms with Crippen molar-refractivity contribution < 1.29 is 13.2 Å². The molecule has 2 rings (SSSR count). The van der Waals surface area contributed by atoms with E-state index in [1.165, 1.54) is 0 Å². The first-order chi connectivity index (χ1) is 8.88. The molecule has 5 nitrogen and oxygen atoms in total. The number of aromatic nitrogens is 2. The first kappa shape index (κ1) is 14.0. The standard InChI is InChI=1S/C11H15F3N4O/c1-7-9(11(12,13)14)16-8(17-10(7)19)6-18-4-2-15-3-5-18/h15H,2-6H2,1H3,(H,16,17,19). The van der Waals surface area contributed by atoms with Gasteiger partial charge in [-0.15, -0.1) is 0 Å². The second kappa shape index (κ2) is 5.30. The second-order valence-corrected chi connectivity index (χ2v) is 4.51. The normalized spacial score (nSPS) is 17.7. The number of alkyl halides is 3. The molecule has 0 aromatic carbocycles. The average Bonchev–Trinajstić information content (AvgIpc) is 2.33. The molecular formula is C11H15F3N4O. The van der Waals surface area contributed by atoms with E-state index in [1.54, 1.807) is 0 Å². The summed E-state index contributed by atoms with van der Waals surface area (Å²) in [5.74, 6) is 0.0600. The SMILES string of the molecule is Cc1c(C(F)(F)F)nc(CN2CCNCC2)[nH]c1=O. The van der Waals surface area contributed by atoms with E-state index in [0.717, 1.165) is 33.1 Å². The average molecular weight is 276 g/mol. The minimum absolute atomic E-state index is 0.0600. The lowest BCUT2D eigenvalue weighted by atomic mass is 10.2. The summed E-state index contributed by atoms with van der Waals surface area (Å²) in [6.45, 7) is 4.35. The molecule has 1 aromatic rings. The molecule has 106 valence electrons. The zero-order valence-corrected chi connectivity index (χ0v) is 10.5. The van der Waals surface area contributed by atoms with Crippen LogP contribution in [0.5, 0.6) is 0 Å². The minimum Gasteiger partial charge on any atom is -0.314 e. The van der Waals surface area contributed by atoms with Gasteiger partial charge in [0.2, 0.25) is 0 Å². The highest BCUT2D eigenvalue weighted by Gasteiger charge is 2.36. The van der Waals surface area contributed by atoms with E-state index in [4.69, 9.17) is 0 Å². The summed E-state index contributed by atoms with van der Waals surface area (Å²) < 4.78 is 38.2. The Morgan fingerprint density at radius 2 is 1.95 bits per heavy atom. The Morgan fingerprint density at radius 3 is 2.53 bits per heavy atom. The predicted molar refractivity (Wildman–Crippen MR) is 62.7 cm³/mol. The number of nitrogens with one attached hydrogen (secondary N) is 2. The van der Waals surface area contributed by atoms with E-state index in [0.29, 0.717) is 0 Å². The van der Waals surface area contributed by atoms with Gasteiger partial charge in [0, 0.05) is 31.7 Å². The van der Waals surface area contributed by atoms with Crippen molar-refractivity contribution in [2.75, 3.05) is 26.2 Å². The Morgan fingerprint density at radius 1 is 1.32 bits per heavy atom. The van der Waals surface area contributed by atoms with Crippen molar-refractivity contribution in [1.29, 1.82) is 0 Å². The molecule has 1 aliphatic heterocycles. The molecule has 2 N–H and O–H groups in total. The van der Waals surface area contributed by atoms with Crippen molar-refractivity contribution in [3.63, 3.8) is 0 Å². The Labute approximate surface area is 107 Å². The fraction of sp³-hybridized carbons (Fsp3) is 0.636. The van der Waals surface area contributed by atoms with Gasteiger partial charge >= 0.3 is 6.18 Å². The molecule has 1 fully saturated rings. The molecule has 0 atom stereocenters. The highest BCUT2D eigenvalue weighted by atomic mass is 19.4. The molecule has 0 aliphatic carbocycles. The van der Waals surface area contributed by atoms with Crippen LogP contribution in [-0.4, -0.2) is 41.0 Å². The number of hydrogen-bond acceptors (Lipinski definition) is 4. The molecule has 8 heteroatoms. The van der Waals surface area contributed by atoms with Crippen LogP contribution >= 0.6 is 0 Å². The Hall–Kier alpha value is -1.41. The van der Waals surface area contributed by atoms with Crippen molar-refractivity contribution in [2.24, 2.45) is 0 Å². The largest absolute Gasteiger partial charge is 0.433 e. The lowest BCUT2D eigenvalue weighted by Gasteiger charge is -2.26. The number of rotatable bonds is 2. The van der Waals surface area contributed by atoms with Crippen LogP contribution in [0.25, 0.3) is 0 Å². The van der Waals surface area contributed by atoms with Gasteiger partial charge in [-0.05, 0) is 6.92 Å². The molecule has 0 bridgehead atoms. The number of hydrogen-bond donors (Lipinski definition) is 2. The highest BCUT2D eigenvalue weighted by molar-refractivity contribution is 5.19. The van der Waals surface area contributed by atoms with Crippen LogP contribution in [0.2, 0.25) is 0 Å². The number of aromatic amines is 1. The smallest absolute Gasteiger partial charge is 0.314 e. The Bertz CT molecular complexity index is 506. The molecule has 2 heterocycles. The van der Waals surface area contributed by atoms with Crippen LogP contribution in [0.1, 0.15) is 17.1 Å². The quantitative estimate of drug-likeness (QED) is 0.826. The van der Waals surface area contributed by atoms with Gasteiger partial charge in [0.05, 0.1) is 6.54 Å². The molecular weight excluding hydrogens is 261 g/mol. The van der Waals surface area contributed by atoms with Crippen LogP contribution in [0.3, 0.4) is 0 Å². The third-order valence-electron chi connectivity index (χ3n) is 3.05. The van der Waals surface area contributed by atoms with E-state index in [9.17, 15) is 18.0 Å². The molecule has 0 amide bonds. The first-order valence-corrected chi connectivity index (χ1v) is 5.98. The van der Waals surface area contributed by atoms with Crippen LogP contribution in [0, 0.1) is 6.92 Å². The minimum atomic E-state index is -4.60. The third kappa shape index (κ3) is 3.32. The number of H-pyrrole nitrogens is 1. The molecule has 1 aromatic heterocycles. The van der Waals surface area contributed by atoms with Crippen molar-refractivity contribution >= 4 is 0 Å². The number of piperazine rings is 1. The molecule has 1 aliphatic rings. The Balaban J connectivity index is 2.26. The fourth-order valence-electron chi connectivity index (χ4n) is 2.01. The molecule has 0 unspecified atom stereocenters. The van der Waals surface area contributed by atoms with Crippen molar-refractivity contribution in [2.45, 2.75) is 19.6 Å². The zero-order chi connectivity index (χ0) is 14.0. The molecule has 19 heavy (non-hydrogen) atoms. The Kier molecular flexibility index (Phi) is 3.91. The van der Waals surface area contributed by atoms with Crippen LogP contribution in [0.15, 0.2) is 4.79 Å². The fourth-order valence-corrected chi connectivity index (χ4v) is 2.01. The van der Waals surface area contributed by atoms with Gasteiger partial charge < -0.3 is 10.3 Å². The lowest BCUT2D eigenvalue weighted by Crippen LogP contribution is -2.43. The summed E-state index contributed by atoms with van der Waals surface area (Å²) in [6.07, 6.45) is -4.60. The maximum Gasteiger partial charge on any atom is 0.433 e. The summed E-state index contributed by atoms with van der Waals surface area (Å²) in [5, 5.41) is 3.14. The molecule has 0 spiro atoms. The van der Waals surface area contributed by atoms with Crippen LogP contribution in [-0.2, 0) is 12.7 Å². The van der Waals surface area contributed by atoms with Gasteiger partial charge in [0.25, 0.3) is 5.56 Å². The van der Waals surface area contributed by atoms with E-state index in [-0.39, 0.29) is 12.4 Å². The number of halogens is 3. The monoisotopic (exact) mass is 276 g/mol. The summed E-state index contributed by atoms with van der Waals surface area (Å²) >= 11 is 0. The van der Waals surface area contributed by atoms with Crippen molar-refractivity contribution in [1.82, 2.24) is 20.2 Å². The van der Waals surface area contributed by atoms with Gasteiger partial charge in [0.15, 0.2) is 5.69 Å². The maximum atomic E-state index is 12.7. The molecule has 0 saturated carbocycles. The van der Waals surface area contributed by atoms with Gasteiger partial charge in [-0.2, -0.15) is 13.2 Å². The van der Waals surface area contributed by atoms with Crippen LogP contribution < -0.4 is 10.9 Å². The van der Waals surface area contributed by atoms with Crippen LogP contribution in [0.4, 0.5) is 13.2 Å². The number of nitrogens with zero attached hydrogens (tertiary/aromatic N) is 2. The van der Waals surface area contributed by atoms with Crippen molar-refractivity contribution in [3.8, 4) is 0 Å². The summed E-state index contributed by atoms with van der Waals surface area (Å²) in [5.41, 5.74) is -2.22. The lowest BCUT2D eigenvalue weighted by molar-refractivity contribution is -0.142. The third-order valence-corrected chi connectivity index (χ3v) is 3.05. The van der Waals surface area contributed by atoms with E-state index >= 15 is 0 Å². The van der Waals surface area contributed by atoms with Gasteiger partial charge in [0.1, 0.15) is 5.82 Å². The molecule has 1 saturated heterocycles. The topological polar surface area (TPSA) is 61.0 Å². The van der Waals surface area contributed by atoms with Gasteiger partial charge in [-0.25, -0.2) is 4.98 Å². The zero-order valence-electron chi connectivity index (χ0n) is 10.5. The predicted octanol–water partition coefficient (Wildman–Crippen LogP) is 0.502. The first-order valence-electron chi connectivity index (χ1n) is 5.98. The highest BCUT2D eigenvalue weighted by Crippen LogP contribution is 2.28.